The molecule has 1 aliphatic rings. The monoisotopic (exact) mass is 378 g/mol. The number of allylic oxidation sites excluding steroid dienone is 2. The van der Waals surface area contributed by atoms with E-state index in [4.69, 9.17) is 16.3 Å². The molecule has 2 unspecified atom stereocenters. The summed E-state index contributed by atoms with van der Waals surface area (Å²) in [4.78, 5) is 0. The van der Waals surface area contributed by atoms with Gasteiger partial charge in [-0.15, -0.1) is 0 Å². The Morgan fingerprint density at radius 2 is 1.70 bits per heavy atom. The number of benzene rings is 3. The van der Waals surface area contributed by atoms with E-state index >= 15 is 0 Å². The van der Waals surface area contributed by atoms with Crippen LogP contribution in [-0.4, -0.2) is 0 Å². The minimum atomic E-state index is -0.0238. The molecular formula is C24H20ClFO. The Bertz CT molecular complexity index is 934. The van der Waals surface area contributed by atoms with Gasteiger partial charge in [-0.25, -0.2) is 4.39 Å². The molecule has 0 heterocycles. The van der Waals surface area contributed by atoms with Gasteiger partial charge in [0.05, 0.1) is 5.83 Å². The zero-order valence-electron chi connectivity index (χ0n) is 14.8. The standard InChI is InChI=1S/C24H20ClFO/c25-19-12-10-18(11-13-19)22-16-23(22)24(26)14-9-17-5-4-8-21(15-17)27-20-6-2-1-3-7-20/h1-8,10-15,22-23H,9,16H2/b24-14-. The third-order valence-corrected chi connectivity index (χ3v) is 5.10. The van der Waals surface area contributed by atoms with Crippen molar-refractivity contribution in [1.82, 2.24) is 0 Å². The third-order valence-electron chi connectivity index (χ3n) is 4.85. The largest absolute Gasteiger partial charge is 0.457 e. The van der Waals surface area contributed by atoms with E-state index in [2.05, 4.69) is 0 Å². The molecule has 0 aliphatic heterocycles. The van der Waals surface area contributed by atoms with Crippen LogP contribution in [0.4, 0.5) is 4.39 Å². The second-order valence-electron chi connectivity index (χ2n) is 6.86. The normalized spacial score (nSPS) is 19.0. The first kappa shape index (κ1) is 17.8. The molecule has 1 nitrogen and oxygen atoms in total. The lowest BCUT2D eigenvalue weighted by molar-refractivity contribution is 0.482. The average Bonchev–Trinajstić information content (AvgIpc) is 3.49. The van der Waals surface area contributed by atoms with Gasteiger partial charge in [-0.05, 0) is 72.4 Å². The predicted molar refractivity (Wildman–Crippen MR) is 108 cm³/mol. The summed E-state index contributed by atoms with van der Waals surface area (Å²) in [5.41, 5.74) is 2.19. The summed E-state index contributed by atoms with van der Waals surface area (Å²) in [5.74, 6) is 1.80. The van der Waals surface area contributed by atoms with Crippen LogP contribution in [0.3, 0.4) is 0 Å². The second-order valence-corrected chi connectivity index (χ2v) is 7.29. The number of hydrogen-bond acceptors (Lipinski definition) is 1. The molecule has 0 bridgehead atoms. The Balaban J connectivity index is 1.38. The summed E-state index contributed by atoms with van der Waals surface area (Å²) < 4.78 is 20.4. The van der Waals surface area contributed by atoms with Crippen molar-refractivity contribution in [2.75, 3.05) is 0 Å². The summed E-state index contributed by atoms with van der Waals surface area (Å²) in [6, 6.07) is 25.2. The maximum atomic E-state index is 14.5. The zero-order chi connectivity index (χ0) is 18.6. The first-order valence-electron chi connectivity index (χ1n) is 9.12. The topological polar surface area (TPSA) is 9.23 Å². The van der Waals surface area contributed by atoms with Crippen molar-refractivity contribution in [2.45, 2.75) is 18.8 Å². The Labute approximate surface area is 164 Å². The Kier molecular flexibility index (Phi) is 5.26. The summed E-state index contributed by atoms with van der Waals surface area (Å²) in [7, 11) is 0. The fourth-order valence-corrected chi connectivity index (χ4v) is 3.43. The average molecular weight is 379 g/mol. The van der Waals surface area contributed by atoms with Crippen LogP contribution in [0.25, 0.3) is 0 Å². The van der Waals surface area contributed by atoms with Crippen molar-refractivity contribution in [1.29, 1.82) is 0 Å². The van der Waals surface area contributed by atoms with E-state index in [1.807, 2.05) is 78.9 Å². The number of hydrogen-bond donors (Lipinski definition) is 0. The minimum absolute atomic E-state index is 0.00470. The molecule has 0 aromatic heterocycles. The molecule has 0 saturated heterocycles. The molecule has 136 valence electrons. The molecule has 1 fully saturated rings. The van der Waals surface area contributed by atoms with E-state index in [9.17, 15) is 4.39 Å². The maximum absolute atomic E-state index is 14.5. The van der Waals surface area contributed by atoms with E-state index in [1.165, 1.54) is 0 Å². The highest BCUT2D eigenvalue weighted by Gasteiger charge is 2.41. The molecule has 0 N–H and O–H groups in total. The Morgan fingerprint density at radius 3 is 2.48 bits per heavy atom. The Hall–Kier alpha value is -2.58. The molecular weight excluding hydrogens is 359 g/mol. The number of ether oxygens (including phenoxy) is 1. The first-order chi connectivity index (χ1) is 13.2. The van der Waals surface area contributed by atoms with E-state index in [-0.39, 0.29) is 17.7 Å². The van der Waals surface area contributed by atoms with Gasteiger partial charge < -0.3 is 4.74 Å². The van der Waals surface area contributed by atoms with Gasteiger partial charge in [0.2, 0.25) is 0 Å². The third kappa shape index (κ3) is 4.58. The molecule has 4 rings (SSSR count). The first-order valence-corrected chi connectivity index (χ1v) is 9.50. The molecule has 3 heteroatoms. The lowest BCUT2D eigenvalue weighted by atomic mass is 10.1. The van der Waals surface area contributed by atoms with Gasteiger partial charge in [-0.1, -0.05) is 54.1 Å². The fraction of sp³-hybridized carbons (Fsp3) is 0.167. The highest BCUT2D eigenvalue weighted by molar-refractivity contribution is 6.30. The summed E-state index contributed by atoms with van der Waals surface area (Å²) in [6.07, 6.45) is 3.12. The number of rotatable bonds is 6. The van der Waals surface area contributed by atoms with Gasteiger partial charge in [-0.3, -0.25) is 0 Å². The van der Waals surface area contributed by atoms with Crippen LogP contribution in [0, 0.1) is 5.92 Å². The summed E-state index contributed by atoms with van der Waals surface area (Å²) >= 11 is 5.92. The van der Waals surface area contributed by atoms with Crippen molar-refractivity contribution in [3.8, 4) is 11.5 Å². The van der Waals surface area contributed by atoms with Gasteiger partial charge in [-0.2, -0.15) is 0 Å². The summed E-state index contributed by atoms with van der Waals surface area (Å²) in [5, 5.41) is 0.713. The van der Waals surface area contributed by atoms with Crippen LogP contribution in [0.2, 0.25) is 5.02 Å². The SMILES string of the molecule is F/C(=C\Cc1cccc(Oc2ccccc2)c1)C1CC1c1ccc(Cl)cc1. The Morgan fingerprint density at radius 1 is 0.963 bits per heavy atom. The molecule has 0 radical (unpaired) electrons. The van der Waals surface area contributed by atoms with Gasteiger partial charge in [0.25, 0.3) is 0 Å². The van der Waals surface area contributed by atoms with Crippen molar-refractivity contribution in [2.24, 2.45) is 5.92 Å². The zero-order valence-corrected chi connectivity index (χ0v) is 15.6. The minimum Gasteiger partial charge on any atom is -0.457 e. The van der Waals surface area contributed by atoms with Crippen LogP contribution in [0.15, 0.2) is 90.8 Å². The summed E-state index contributed by atoms with van der Waals surface area (Å²) in [6.45, 7) is 0. The van der Waals surface area contributed by atoms with Gasteiger partial charge in [0, 0.05) is 10.9 Å². The van der Waals surface area contributed by atoms with Crippen molar-refractivity contribution in [3.63, 3.8) is 0 Å². The molecule has 1 aliphatic carbocycles. The van der Waals surface area contributed by atoms with E-state index in [0.29, 0.717) is 11.4 Å². The van der Waals surface area contributed by atoms with Gasteiger partial charge in [0.1, 0.15) is 11.5 Å². The van der Waals surface area contributed by atoms with Crippen LogP contribution >= 0.6 is 11.6 Å². The number of para-hydroxylation sites is 1. The predicted octanol–water partition coefficient (Wildman–Crippen LogP) is 7.33. The molecule has 1 saturated carbocycles. The number of halogens is 2. The van der Waals surface area contributed by atoms with E-state index in [0.717, 1.165) is 29.0 Å². The lowest BCUT2D eigenvalue weighted by Crippen LogP contribution is -1.89. The molecule has 27 heavy (non-hydrogen) atoms. The molecule has 0 spiro atoms. The van der Waals surface area contributed by atoms with Crippen molar-refractivity contribution < 1.29 is 9.13 Å². The highest BCUT2D eigenvalue weighted by atomic mass is 35.5. The molecule has 0 amide bonds. The van der Waals surface area contributed by atoms with Crippen molar-refractivity contribution in [3.05, 3.63) is 107 Å². The smallest absolute Gasteiger partial charge is 0.127 e. The van der Waals surface area contributed by atoms with Crippen LogP contribution in [0.1, 0.15) is 23.5 Å². The van der Waals surface area contributed by atoms with E-state index in [1.54, 1.807) is 6.08 Å². The van der Waals surface area contributed by atoms with Gasteiger partial charge in [0.15, 0.2) is 0 Å². The van der Waals surface area contributed by atoms with Crippen molar-refractivity contribution >= 4 is 11.6 Å². The van der Waals surface area contributed by atoms with Gasteiger partial charge >= 0.3 is 0 Å². The molecule has 3 aromatic carbocycles. The van der Waals surface area contributed by atoms with Crippen LogP contribution in [0.5, 0.6) is 11.5 Å². The van der Waals surface area contributed by atoms with Crippen LogP contribution < -0.4 is 4.74 Å². The quantitative estimate of drug-likeness (QED) is 0.436. The van der Waals surface area contributed by atoms with Crippen LogP contribution in [-0.2, 0) is 6.42 Å². The fourth-order valence-electron chi connectivity index (χ4n) is 3.31. The molecule has 3 aromatic rings. The van der Waals surface area contributed by atoms with E-state index < -0.39 is 0 Å². The maximum Gasteiger partial charge on any atom is 0.127 e. The molecule has 2 atom stereocenters. The highest BCUT2D eigenvalue weighted by Crippen LogP contribution is 2.52. The second kappa shape index (κ2) is 7.98. The lowest BCUT2D eigenvalue weighted by Gasteiger charge is -2.07.